The lowest BCUT2D eigenvalue weighted by molar-refractivity contribution is -0.125. The molecule has 2 N–H and O–H groups in total. The molecule has 0 spiro atoms. The van der Waals surface area contributed by atoms with E-state index in [9.17, 15) is 9.59 Å². The van der Waals surface area contributed by atoms with E-state index < -0.39 is 6.10 Å². The molecule has 22 heavy (non-hydrogen) atoms. The van der Waals surface area contributed by atoms with Crippen LogP contribution in [-0.2, 0) is 4.79 Å². The first kappa shape index (κ1) is 16.3. The fraction of sp³-hybridized carbons (Fsp3) is 0.500. The third-order valence-corrected chi connectivity index (χ3v) is 3.69. The number of carbonyl (C=O) groups is 2. The number of benzene rings is 1. The smallest absolute Gasteiger partial charge is 0.267 e. The van der Waals surface area contributed by atoms with Crippen molar-refractivity contribution in [1.29, 1.82) is 0 Å². The van der Waals surface area contributed by atoms with E-state index in [1.807, 2.05) is 0 Å². The second-order valence-electron chi connectivity index (χ2n) is 5.38. The summed E-state index contributed by atoms with van der Waals surface area (Å²) in [6, 6.07) is 5.08. The molecule has 0 fully saturated rings. The molecule has 1 atom stereocenters. The Bertz CT molecular complexity index is 559. The number of carbonyl (C=O) groups excluding carboxylic acids is 2. The van der Waals surface area contributed by atoms with Gasteiger partial charge in [-0.1, -0.05) is 0 Å². The molecule has 6 heteroatoms. The van der Waals surface area contributed by atoms with E-state index in [2.05, 4.69) is 5.32 Å². The molecule has 1 aliphatic heterocycles. The summed E-state index contributed by atoms with van der Waals surface area (Å²) in [5, 5.41) is 11.5. The molecule has 6 nitrogen and oxygen atoms in total. The van der Waals surface area contributed by atoms with Gasteiger partial charge in [0.25, 0.3) is 11.8 Å². The maximum absolute atomic E-state index is 12.1. The van der Waals surface area contributed by atoms with Crippen LogP contribution in [0, 0.1) is 0 Å². The van der Waals surface area contributed by atoms with Crippen LogP contribution in [0.15, 0.2) is 18.2 Å². The third kappa shape index (κ3) is 3.57. The number of aliphatic hydroxyl groups is 1. The molecule has 0 aromatic heterocycles. The van der Waals surface area contributed by atoms with Crippen LogP contribution in [0.2, 0.25) is 0 Å². The largest absolute Gasteiger partial charge is 0.479 e. The third-order valence-electron chi connectivity index (χ3n) is 3.69. The minimum absolute atomic E-state index is 0.130. The highest BCUT2D eigenvalue weighted by Crippen LogP contribution is 2.33. The van der Waals surface area contributed by atoms with Gasteiger partial charge in [0.2, 0.25) is 0 Å². The number of rotatable bonds is 6. The summed E-state index contributed by atoms with van der Waals surface area (Å²) < 4.78 is 5.53. The number of anilines is 1. The summed E-state index contributed by atoms with van der Waals surface area (Å²) in [4.78, 5) is 25.5. The molecule has 0 saturated heterocycles. The quantitative estimate of drug-likeness (QED) is 0.777. The monoisotopic (exact) mass is 306 g/mol. The number of hydrogen-bond acceptors (Lipinski definition) is 4. The first-order valence-electron chi connectivity index (χ1n) is 7.52. The molecule has 1 aromatic carbocycles. The summed E-state index contributed by atoms with van der Waals surface area (Å²) in [6.07, 6.45) is 1.95. The molecule has 120 valence electrons. The van der Waals surface area contributed by atoms with Crippen molar-refractivity contribution >= 4 is 17.5 Å². The summed E-state index contributed by atoms with van der Waals surface area (Å²) in [5.74, 6) is 0.300. The normalized spacial score (nSPS) is 17.0. The average molecular weight is 306 g/mol. The van der Waals surface area contributed by atoms with Gasteiger partial charge in [0, 0.05) is 25.8 Å². The van der Waals surface area contributed by atoms with Crippen LogP contribution in [0.5, 0.6) is 5.75 Å². The Labute approximate surface area is 130 Å². The summed E-state index contributed by atoms with van der Waals surface area (Å²) in [5.41, 5.74) is 1.11. The van der Waals surface area contributed by atoms with Gasteiger partial charge in [-0.25, -0.2) is 0 Å². The number of unbranched alkanes of at least 4 members (excludes halogenated alkanes) is 2. The van der Waals surface area contributed by atoms with Crippen LogP contribution in [-0.4, -0.2) is 43.2 Å². The highest BCUT2D eigenvalue weighted by Gasteiger charge is 2.29. The molecule has 0 radical (unpaired) electrons. The van der Waals surface area contributed by atoms with Crippen LogP contribution >= 0.6 is 0 Å². The molecule has 2 amide bonds. The Morgan fingerprint density at radius 3 is 2.86 bits per heavy atom. The van der Waals surface area contributed by atoms with Crippen LogP contribution in [0.3, 0.4) is 0 Å². The molecule has 1 aliphatic rings. The molecule has 1 unspecified atom stereocenters. The minimum Gasteiger partial charge on any atom is -0.479 e. The zero-order chi connectivity index (χ0) is 16.1. The minimum atomic E-state index is -0.510. The van der Waals surface area contributed by atoms with Gasteiger partial charge < -0.3 is 20.1 Å². The lowest BCUT2D eigenvalue weighted by Crippen LogP contribution is -2.42. The second kappa shape index (κ2) is 7.26. The fourth-order valence-corrected chi connectivity index (χ4v) is 2.37. The lowest BCUT2D eigenvalue weighted by atomic mass is 10.1. The molecule has 1 heterocycles. The van der Waals surface area contributed by atoms with Crippen molar-refractivity contribution < 1.29 is 19.4 Å². The highest BCUT2D eigenvalue weighted by molar-refractivity contribution is 6.02. The molecular weight excluding hydrogens is 284 g/mol. The van der Waals surface area contributed by atoms with E-state index in [4.69, 9.17) is 9.84 Å². The predicted molar refractivity (Wildman–Crippen MR) is 83.2 cm³/mol. The number of nitrogens with zero attached hydrogens (tertiary/aromatic N) is 1. The predicted octanol–water partition coefficient (Wildman–Crippen LogP) is 1.32. The van der Waals surface area contributed by atoms with Crippen LogP contribution < -0.4 is 15.0 Å². The van der Waals surface area contributed by atoms with Gasteiger partial charge in [0.05, 0.1) is 5.69 Å². The van der Waals surface area contributed by atoms with E-state index >= 15 is 0 Å². The Morgan fingerprint density at radius 1 is 1.36 bits per heavy atom. The molecule has 0 aliphatic carbocycles. The second-order valence-corrected chi connectivity index (χ2v) is 5.38. The molecule has 0 bridgehead atoms. The number of fused-ring (bicyclic) bond motifs is 1. The molecule has 0 saturated carbocycles. The van der Waals surface area contributed by atoms with E-state index in [-0.39, 0.29) is 18.4 Å². The van der Waals surface area contributed by atoms with E-state index in [1.54, 1.807) is 32.2 Å². The number of amides is 2. The SMILES string of the molecule is CC1Oc2ccc(C(=O)NCCCCCO)cc2N(C)C1=O. The molecule has 1 aromatic rings. The molecular formula is C16H22N2O4. The topological polar surface area (TPSA) is 78.9 Å². The van der Waals surface area contributed by atoms with Crippen LogP contribution in [0.4, 0.5) is 5.69 Å². The van der Waals surface area contributed by atoms with Gasteiger partial charge in [-0.05, 0) is 44.4 Å². The van der Waals surface area contributed by atoms with Crippen molar-refractivity contribution in [3.8, 4) is 5.75 Å². The highest BCUT2D eigenvalue weighted by atomic mass is 16.5. The summed E-state index contributed by atoms with van der Waals surface area (Å²) in [7, 11) is 1.68. The zero-order valence-electron chi connectivity index (χ0n) is 13.0. The first-order valence-corrected chi connectivity index (χ1v) is 7.52. The van der Waals surface area contributed by atoms with Gasteiger partial charge in [0.15, 0.2) is 6.10 Å². The van der Waals surface area contributed by atoms with E-state index in [0.29, 0.717) is 23.5 Å². The van der Waals surface area contributed by atoms with Crippen LogP contribution in [0.1, 0.15) is 36.5 Å². The van der Waals surface area contributed by atoms with Gasteiger partial charge in [0.1, 0.15) is 5.75 Å². The zero-order valence-corrected chi connectivity index (χ0v) is 13.0. The first-order chi connectivity index (χ1) is 10.5. The van der Waals surface area contributed by atoms with Crippen molar-refractivity contribution in [3.63, 3.8) is 0 Å². The number of ether oxygens (including phenoxy) is 1. The average Bonchev–Trinajstić information content (AvgIpc) is 2.52. The fourth-order valence-electron chi connectivity index (χ4n) is 2.37. The summed E-state index contributed by atoms with van der Waals surface area (Å²) in [6.45, 7) is 2.45. The Kier molecular flexibility index (Phi) is 5.38. The number of hydrogen-bond donors (Lipinski definition) is 2. The number of nitrogens with one attached hydrogen (secondary N) is 1. The van der Waals surface area contributed by atoms with Gasteiger partial charge >= 0.3 is 0 Å². The Hall–Kier alpha value is -2.08. The number of aliphatic hydroxyl groups excluding tert-OH is 1. The maximum Gasteiger partial charge on any atom is 0.267 e. The Balaban J connectivity index is 2.01. The van der Waals surface area contributed by atoms with Crippen molar-refractivity contribution in [3.05, 3.63) is 23.8 Å². The molecule has 2 rings (SSSR count). The van der Waals surface area contributed by atoms with Gasteiger partial charge in [-0.2, -0.15) is 0 Å². The van der Waals surface area contributed by atoms with Crippen molar-refractivity contribution in [2.75, 3.05) is 25.1 Å². The summed E-state index contributed by atoms with van der Waals surface area (Å²) >= 11 is 0. The van der Waals surface area contributed by atoms with Crippen LogP contribution in [0.25, 0.3) is 0 Å². The van der Waals surface area contributed by atoms with Gasteiger partial charge in [-0.3, -0.25) is 9.59 Å². The van der Waals surface area contributed by atoms with Crippen molar-refractivity contribution in [2.24, 2.45) is 0 Å². The van der Waals surface area contributed by atoms with Gasteiger partial charge in [-0.15, -0.1) is 0 Å². The standard InChI is InChI=1S/C16H22N2O4/c1-11-16(21)18(2)13-10-12(6-7-14(13)22-11)15(20)17-8-4-3-5-9-19/h6-7,10-11,19H,3-5,8-9H2,1-2H3,(H,17,20). The van der Waals surface area contributed by atoms with E-state index in [1.165, 1.54) is 4.90 Å². The Morgan fingerprint density at radius 2 is 2.14 bits per heavy atom. The maximum atomic E-state index is 12.1. The van der Waals surface area contributed by atoms with E-state index in [0.717, 1.165) is 19.3 Å². The number of likely N-dealkylation sites (N-methyl/N-ethyl adjacent to an activating group) is 1. The van der Waals surface area contributed by atoms with Crippen molar-refractivity contribution in [2.45, 2.75) is 32.3 Å². The van der Waals surface area contributed by atoms with Crippen molar-refractivity contribution in [1.82, 2.24) is 5.32 Å². The lowest BCUT2D eigenvalue weighted by Gasteiger charge is -2.30.